The van der Waals surface area contributed by atoms with Crippen molar-refractivity contribution in [3.63, 3.8) is 0 Å². The van der Waals surface area contributed by atoms with Crippen LogP contribution in [0.5, 0.6) is 0 Å². The Labute approximate surface area is 123 Å². The molecule has 1 heterocycles. The van der Waals surface area contributed by atoms with Crippen LogP contribution < -0.4 is 11.5 Å². The van der Waals surface area contributed by atoms with Crippen molar-refractivity contribution in [2.45, 2.75) is 19.1 Å². The number of ether oxygens (including phenoxy) is 3. The van der Waals surface area contributed by atoms with Gasteiger partial charge in [-0.25, -0.2) is 0 Å². The molecule has 0 saturated heterocycles. The van der Waals surface area contributed by atoms with Gasteiger partial charge in [0.15, 0.2) is 0 Å². The standard InChI is InChI=1S/C16H18N2O3/c1-10(12-7-11(17)5-6-14(12)18)21-16-4-2-3-15-13(16)8-19-9-20-15/h2-8,10,16H,9,17-18H2,1H3. The van der Waals surface area contributed by atoms with Crippen molar-refractivity contribution < 1.29 is 14.2 Å². The van der Waals surface area contributed by atoms with Gasteiger partial charge in [-0.05, 0) is 31.2 Å². The third-order valence-corrected chi connectivity index (χ3v) is 3.52. The van der Waals surface area contributed by atoms with E-state index in [4.69, 9.17) is 25.7 Å². The molecule has 5 heteroatoms. The lowest BCUT2D eigenvalue weighted by Gasteiger charge is -2.28. The van der Waals surface area contributed by atoms with Gasteiger partial charge in [0.1, 0.15) is 11.9 Å². The first-order valence-electron chi connectivity index (χ1n) is 6.79. The average Bonchev–Trinajstić information content (AvgIpc) is 2.50. The number of nitrogens with two attached hydrogens (primary N) is 2. The lowest BCUT2D eigenvalue weighted by molar-refractivity contribution is -0.00935. The fourth-order valence-corrected chi connectivity index (χ4v) is 2.42. The summed E-state index contributed by atoms with van der Waals surface area (Å²) in [6.07, 6.45) is 7.00. The van der Waals surface area contributed by atoms with E-state index in [0.717, 1.165) is 16.9 Å². The minimum Gasteiger partial charge on any atom is -0.465 e. The van der Waals surface area contributed by atoms with Gasteiger partial charge in [-0.1, -0.05) is 12.2 Å². The highest BCUT2D eigenvalue weighted by Gasteiger charge is 2.26. The molecule has 0 fully saturated rings. The smallest absolute Gasteiger partial charge is 0.230 e. The fourth-order valence-electron chi connectivity index (χ4n) is 2.42. The van der Waals surface area contributed by atoms with Crippen molar-refractivity contribution in [3.05, 3.63) is 59.6 Å². The molecular weight excluding hydrogens is 268 g/mol. The summed E-state index contributed by atoms with van der Waals surface area (Å²) in [5.74, 6) is 0.779. The van der Waals surface area contributed by atoms with Gasteiger partial charge >= 0.3 is 0 Å². The second-order valence-electron chi connectivity index (χ2n) is 5.01. The van der Waals surface area contributed by atoms with Crippen molar-refractivity contribution in [2.24, 2.45) is 0 Å². The predicted molar refractivity (Wildman–Crippen MR) is 80.9 cm³/mol. The van der Waals surface area contributed by atoms with Crippen molar-refractivity contribution in [1.82, 2.24) is 0 Å². The van der Waals surface area contributed by atoms with E-state index in [1.807, 2.05) is 31.2 Å². The number of fused-ring (bicyclic) bond motifs is 1. The lowest BCUT2D eigenvalue weighted by atomic mass is 10.0. The maximum atomic E-state index is 6.09. The maximum absolute atomic E-state index is 6.09. The SMILES string of the molecule is CC(OC1C=CC=C2OCOC=C21)c1cc(N)ccc1N. The van der Waals surface area contributed by atoms with Gasteiger partial charge in [0.05, 0.1) is 17.9 Å². The van der Waals surface area contributed by atoms with Crippen molar-refractivity contribution in [1.29, 1.82) is 0 Å². The van der Waals surface area contributed by atoms with E-state index in [1.54, 1.807) is 18.4 Å². The van der Waals surface area contributed by atoms with Gasteiger partial charge in [0.2, 0.25) is 6.79 Å². The molecule has 2 atom stereocenters. The molecule has 3 rings (SSSR count). The van der Waals surface area contributed by atoms with Gasteiger partial charge < -0.3 is 25.7 Å². The minimum absolute atomic E-state index is 0.203. The Morgan fingerprint density at radius 2 is 2.19 bits per heavy atom. The van der Waals surface area contributed by atoms with E-state index >= 15 is 0 Å². The quantitative estimate of drug-likeness (QED) is 0.835. The van der Waals surface area contributed by atoms with E-state index in [9.17, 15) is 0 Å². The third kappa shape index (κ3) is 2.73. The highest BCUT2D eigenvalue weighted by molar-refractivity contribution is 5.56. The van der Waals surface area contributed by atoms with Crippen LogP contribution in [-0.2, 0) is 14.2 Å². The molecule has 21 heavy (non-hydrogen) atoms. The molecule has 1 aromatic carbocycles. The zero-order chi connectivity index (χ0) is 14.8. The fraction of sp³-hybridized carbons (Fsp3) is 0.250. The molecule has 0 bridgehead atoms. The maximum Gasteiger partial charge on any atom is 0.230 e. The normalized spacial score (nSPS) is 21.5. The van der Waals surface area contributed by atoms with Gasteiger partial charge in [0.25, 0.3) is 0 Å². The predicted octanol–water partition coefficient (Wildman–Crippen LogP) is 2.64. The number of hydrogen-bond donors (Lipinski definition) is 2. The molecule has 2 aliphatic rings. The van der Waals surface area contributed by atoms with Gasteiger partial charge in [0, 0.05) is 16.9 Å². The number of hydrogen-bond acceptors (Lipinski definition) is 5. The second-order valence-corrected chi connectivity index (χ2v) is 5.01. The van der Waals surface area contributed by atoms with Gasteiger partial charge in [-0.15, -0.1) is 0 Å². The van der Waals surface area contributed by atoms with E-state index in [-0.39, 0.29) is 19.0 Å². The van der Waals surface area contributed by atoms with Crippen LogP contribution in [0.3, 0.4) is 0 Å². The topological polar surface area (TPSA) is 79.7 Å². The Kier molecular flexibility index (Phi) is 3.58. The van der Waals surface area contributed by atoms with Crippen LogP contribution in [-0.4, -0.2) is 12.9 Å². The summed E-state index contributed by atoms with van der Waals surface area (Å²) in [5.41, 5.74) is 14.9. The van der Waals surface area contributed by atoms with E-state index in [2.05, 4.69) is 0 Å². The molecule has 2 unspecified atom stereocenters. The zero-order valence-corrected chi connectivity index (χ0v) is 11.8. The first kappa shape index (κ1) is 13.6. The average molecular weight is 286 g/mol. The summed E-state index contributed by atoms with van der Waals surface area (Å²) in [6.45, 7) is 2.18. The highest BCUT2D eigenvalue weighted by atomic mass is 16.7. The minimum atomic E-state index is -0.235. The molecule has 0 aromatic heterocycles. The zero-order valence-electron chi connectivity index (χ0n) is 11.8. The Morgan fingerprint density at radius 3 is 3.05 bits per heavy atom. The van der Waals surface area contributed by atoms with Crippen LogP contribution in [0.2, 0.25) is 0 Å². The summed E-state index contributed by atoms with van der Waals surface area (Å²) >= 11 is 0. The molecule has 1 aliphatic carbocycles. The van der Waals surface area contributed by atoms with E-state index in [1.165, 1.54) is 0 Å². The van der Waals surface area contributed by atoms with E-state index in [0.29, 0.717) is 11.4 Å². The van der Waals surface area contributed by atoms with Gasteiger partial charge in [-0.2, -0.15) is 0 Å². The number of rotatable bonds is 3. The van der Waals surface area contributed by atoms with Crippen LogP contribution >= 0.6 is 0 Å². The monoisotopic (exact) mass is 286 g/mol. The van der Waals surface area contributed by atoms with Crippen LogP contribution in [0, 0.1) is 0 Å². The summed E-state index contributed by atoms with van der Waals surface area (Å²) in [5, 5.41) is 0. The number of allylic oxidation sites excluding steroid dienone is 2. The first-order chi connectivity index (χ1) is 10.1. The Balaban J connectivity index is 1.80. The number of anilines is 2. The molecule has 0 spiro atoms. The second kappa shape index (κ2) is 5.54. The summed E-state index contributed by atoms with van der Waals surface area (Å²) in [7, 11) is 0. The molecule has 1 aromatic rings. The Hall–Kier alpha value is -2.40. The third-order valence-electron chi connectivity index (χ3n) is 3.52. The van der Waals surface area contributed by atoms with Gasteiger partial charge in [-0.3, -0.25) is 0 Å². The number of benzene rings is 1. The summed E-state index contributed by atoms with van der Waals surface area (Å²) in [6, 6.07) is 5.41. The number of nitrogen functional groups attached to an aromatic ring is 2. The largest absolute Gasteiger partial charge is 0.465 e. The lowest BCUT2D eigenvalue weighted by Crippen LogP contribution is -2.23. The molecule has 110 valence electrons. The van der Waals surface area contributed by atoms with Crippen LogP contribution in [0.25, 0.3) is 0 Å². The molecule has 4 N–H and O–H groups in total. The Morgan fingerprint density at radius 1 is 1.33 bits per heavy atom. The summed E-state index contributed by atoms with van der Waals surface area (Å²) in [4.78, 5) is 0. The van der Waals surface area contributed by atoms with Crippen LogP contribution in [0.15, 0.2) is 54.0 Å². The van der Waals surface area contributed by atoms with Crippen molar-refractivity contribution in [2.75, 3.05) is 18.3 Å². The summed E-state index contributed by atoms with van der Waals surface area (Å²) < 4.78 is 16.7. The molecule has 1 aliphatic heterocycles. The highest BCUT2D eigenvalue weighted by Crippen LogP contribution is 2.32. The first-order valence-corrected chi connectivity index (χ1v) is 6.79. The Bertz CT molecular complexity index is 634. The van der Waals surface area contributed by atoms with E-state index < -0.39 is 0 Å². The van der Waals surface area contributed by atoms with Crippen molar-refractivity contribution >= 4 is 11.4 Å². The molecule has 0 radical (unpaired) electrons. The molecular formula is C16H18N2O3. The van der Waals surface area contributed by atoms with Crippen LogP contribution in [0.4, 0.5) is 11.4 Å². The molecule has 5 nitrogen and oxygen atoms in total. The molecule has 0 amide bonds. The molecule has 0 saturated carbocycles. The van der Waals surface area contributed by atoms with Crippen molar-refractivity contribution in [3.8, 4) is 0 Å². The van der Waals surface area contributed by atoms with Crippen LogP contribution in [0.1, 0.15) is 18.6 Å².